The third-order valence-electron chi connectivity index (χ3n) is 3.41. The number of aromatic nitrogens is 1. The second-order valence-corrected chi connectivity index (χ2v) is 4.66. The van der Waals surface area contributed by atoms with E-state index in [4.69, 9.17) is 4.74 Å². The molecule has 0 radical (unpaired) electrons. The number of aliphatic carboxylic acids is 1. The van der Waals surface area contributed by atoms with Gasteiger partial charge in [-0.3, -0.25) is 0 Å². The van der Waals surface area contributed by atoms with E-state index < -0.39 is 12.0 Å². The van der Waals surface area contributed by atoms with E-state index in [1.165, 1.54) is 0 Å². The second kappa shape index (κ2) is 4.97. The first-order valence-corrected chi connectivity index (χ1v) is 6.32. The van der Waals surface area contributed by atoms with E-state index >= 15 is 0 Å². The molecule has 104 valence electrons. The summed E-state index contributed by atoms with van der Waals surface area (Å²) in [6.45, 7) is 1.05. The lowest BCUT2D eigenvalue weighted by atomic mass is 10.1. The number of carboxylic acid groups (broad SMARTS) is 1. The lowest BCUT2D eigenvalue weighted by Gasteiger charge is -2.34. The summed E-state index contributed by atoms with van der Waals surface area (Å²) in [5, 5.41) is 20.6. The summed E-state index contributed by atoms with van der Waals surface area (Å²) in [4.78, 5) is 17.4. The Morgan fingerprint density at radius 1 is 1.40 bits per heavy atom. The van der Waals surface area contributed by atoms with Gasteiger partial charge in [-0.15, -0.1) is 0 Å². The number of fused-ring (bicyclic) bond motifs is 1. The number of anilines is 1. The predicted molar refractivity (Wildman–Crippen MR) is 73.0 cm³/mol. The van der Waals surface area contributed by atoms with Crippen molar-refractivity contribution < 1.29 is 19.7 Å². The smallest absolute Gasteiger partial charge is 0.328 e. The van der Waals surface area contributed by atoms with Gasteiger partial charge < -0.3 is 19.8 Å². The highest BCUT2D eigenvalue weighted by Gasteiger charge is 2.31. The van der Waals surface area contributed by atoms with Crippen molar-refractivity contribution in [2.45, 2.75) is 6.04 Å². The van der Waals surface area contributed by atoms with Crippen LogP contribution in [0.1, 0.15) is 0 Å². The van der Waals surface area contributed by atoms with Gasteiger partial charge in [0.25, 0.3) is 0 Å². The summed E-state index contributed by atoms with van der Waals surface area (Å²) in [5.41, 5.74) is 0. The molecule has 1 aromatic carbocycles. The molecular weight excluding hydrogens is 260 g/mol. The van der Waals surface area contributed by atoms with Gasteiger partial charge in [0.15, 0.2) is 6.04 Å². The first-order chi connectivity index (χ1) is 9.66. The summed E-state index contributed by atoms with van der Waals surface area (Å²) < 4.78 is 5.23. The highest BCUT2D eigenvalue weighted by atomic mass is 16.5. The van der Waals surface area contributed by atoms with Gasteiger partial charge in [0, 0.05) is 18.1 Å². The maximum absolute atomic E-state index is 11.3. The Bertz CT molecular complexity index is 659. The van der Waals surface area contributed by atoms with Crippen LogP contribution < -0.4 is 4.90 Å². The van der Waals surface area contributed by atoms with Gasteiger partial charge >= 0.3 is 5.97 Å². The minimum absolute atomic E-state index is 0.131. The van der Waals surface area contributed by atoms with Gasteiger partial charge in [-0.1, -0.05) is 6.07 Å². The van der Waals surface area contributed by atoms with Crippen LogP contribution in [0.4, 0.5) is 5.82 Å². The summed E-state index contributed by atoms with van der Waals surface area (Å²) in [5.74, 6) is -0.246. The van der Waals surface area contributed by atoms with Crippen LogP contribution in [-0.2, 0) is 9.53 Å². The molecule has 0 bridgehead atoms. The van der Waals surface area contributed by atoms with Crippen LogP contribution >= 0.6 is 0 Å². The van der Waals surface area contributed by atoms with E-state index in [0.29, 0.717) is 19.0 Å². The molecule has 2 heterocycles. The molecule has 2 aromatic rings. The quantitative estimate of drug-likeness (QED) is 0.857. The van der Waals surface area contributed by atoms with Crippen LogP contribution in [-0.4, -0.2) is 47.0 Å². The molecule has 1 atom stereocenters. The van der Waals surface area contributed by atoms with Crippen molar-refractivity contribution in [1.29, 1.82) is 0 Å². The highest BCUT2D eigenvalue weighted by Crippen LogP contribution is 2.29. The second-order valence-electron chi connectivity index (χ2n) is 4.66. The average molecular weight is 274 g/mol. The monoisotopic (exact) mass is 274 g/mol. The molecule has 2 N–H and O–H groups in total. The molecule has 0 saturated carbocycles. The SMILES string of the molecule is O=C(O)C1COCCN1c1nccc2ccc(O)cc12. The van der Waals surface area contributed by atoms with E-state index in [9.17, 15) is 15.0 Å². The van der Waals surface area contributed by atoms with Crippen molar-refractivity contribution in [1.82, 2.24) is 4.98 Å². The van der Waals surface area contributed by atoms with E-state index in [0.717, 1.165) is 10.8 Å². The van der Waals surface area contributed by atoms with Crippen molar-refractivity contribution >= 4 is 22.6 Å². The number of rotatable bonds is 2. The summed E-state index contributed by atoms with van der Waals surface area (Å²) in [6, 6.07) is 6.05. The zero-order chi connectivity index (χ0) is 14.1. The van der Waals surface area contributed by atoms with Crippen LogP contribution in [0.5, 0.6) is 5.75 Å². The molecule has 3 rings (SSSR count). The number of carbonyl (C=O) groups is 1. The summed E-state index contributed by atoms with van der Waals surface area (Å²) >= 11 is 0. The van der Waals surface area contributed by atoms with Gasteiger partial charge in [-0.25, -0.2) is 9.78 Å². The fraction of sp³-hybridized carbons (Fsp3) is 0.286. The van der Waals surface area contributed by atoms with Crippen molar-refractivity contribution in [3.05, 3.63) is 30.5 Å². The molecule has 6 nitrogen and oxygen atoms in total. The van der Waals surface area contributed by atoms with Crippen LogP contribution in [0.25, 0.3) is 10.8 Å². The van der Waals surface area contributed by atoms with Crippen molar-refractivity contribution in [3.8, 4) is 5.75 Å². The van der Waals surface area contributed by atoms with Gasteiger partial charge in [0.1, 0.15) is 11.6 Å². The fourth-order valence-electron chi connectivity index (χ4n) is 2.43. The third-order valence-corrected chi connectivity index (χ3v) is 3.41. The molecule has 6 heteroatoms. The van der Waals surface area contributed by atoms with E-state index in [2.05, 4.69) is 4.98 Å². The average Bonchev–Trinajstić information content (AvgIpc) is 2.46. The molecule has 0 spiro atoms. The van der Waals surface area contributed by atoms with Gasteiger partial charge in [0.05, 0.1) is 13.2 Å². The van der Waals surface area contributed by atoms with Crippen LogP contribution in [0.15, 0.2) is 30.5 Å². The predicted octanol–water partition coefficient (Wildman–Crippen LogP) is 1.23. The maximum Gasteiger partial charge on any atom is 0.328 e. The lowest BCUT2D eigenvalue weighted by Crippen LogP contribution is -2.50. The molecule has 1 aromatic heterocycles. The largest absolute Gasteiger partial charge is 0.508 e. The Balaban J connectivity index is 2.12. The zero-order valence-corrected chi connectivity index (χ0v) is 10.7. The normalized spacial score (nSPS) is 19.2. The molecule has 1 saturated heterocycles. The van der Waals surface area contributed by atoms with Crippen LogP contribution in [0, 0.1) is 0 Å². The van der Waals surface area contributed by atoms with Gasteiger partial charge in [0.2, 0.25) is 0 Å². The molecular formula is C14H14N2O4. The maximum atomic E-state index is 11.3. The Kier molecular flexibility index (Phi) is 3.15. The summed E-state index contributed by atoms with van der Waals surface area (Å²) in [6.07, 6.45) is 1.64. The number of ether oxygens (including phenoxy) is 1. The molecule has 20 heavy (non-hydrogen) atoms. The van der Waals surface area contributed by atoms with E-state index in [1.807, 2.05) is 6.07 Å². The van der Waals surface area contributed by atoms with E-state index in [1.54, 1.807) is 29.3 Å². The van der Waals surface area contributed by atoms with Gasteiger partial charge in [-0.2, -0.15) is 0 Å². The lowest BCUT2D eigenvalue weighted by molar-refractivity contribution is -0.141. The van der Waals surface area contributed by atoms with Crippen molar-refractivity contribution in [3.63, 3.8) is 0 Å². The Morgan fingerprint density at radius 2 is 2.25 bits per heavy atom. The van der Waals surface area contributed by atoms with Crippen LogP contribution in [0.2, 0.25) is 0 Å². The molecule has 1 aliphatic heterocycles. The highest BCUT2D eigenvalue weighted by molar-refractivity contribution is 5.94. The number of pyridine rings is 1. The number of hydrogen-bond donors (Lipinski definition) is 2. The first kappa shape index (κ1) is 12.7. The minimum Gasteiger partial charge on any atom is -0.508 e. The topological polar surface area (TPSA) is 82.9 Å². The standard InChI is InChI=1S/C14H14N2O4/c17-10-2-1-9-3-4-15-13(11(9)7-10)16-5-6-20-8-12(16)14(18)19/h1-4,7,12,17H,5-6,8H2,(H,18,19). The zero-order valence-electron chi connectivity index (χ0n) is 10.7. The number of morpholine rings is 1. The Hall–Kier alpha value is -2.34. The van der Waals surface area contributed by atoms with Gasteiger partial charge in [-0.05, 0) is 23.6 Å². The van der Waals surface area contributed by atoms with Crippen LogP contribution in [0.3, 0.4) is 0 Å². The fourth-order valence-corrected chi connectivity index (χ4v) is 2.43. The number of phenols is 1. The molecule has 1 unspecified atom stereocenters. The van der Waals surface area contributed by atoms with E-state index in [-0.39, 0.29) is 12.4 Å². The number of carboxylic acids is 1. The minimum atomic E-state index is -0.941. The first-order valence-electron chi connectivity index (χ1n) is 6.32. The number of phenolic OH excluding ortho intramolecular Hbond substituents is 1. The van der Waals surface area contributed by atoms with Crippen molar-refractivity contribution in [2.24, 2.45) is 0 Å². The number of aromatic hydroxyl groups is 1. The molecule has 0 amide bonds. The number of benzene rings is 1. The number of nitrogens with zero attached hydrogens (tertiary/aromatic N) is 2. The Labute approximate surface area is 115 Å². The molecule has 1 aliphatic rings. The van der Waals surface area contributed by atoms with Crippen molar-refractivity contribution in [2.75, 3.05) is 24.7 Å². The third kappa shape index (κ3) is 2.14. The Morgan fingerprint density at radius 3 is 3.05 bits per heavy atom. The number of hydrogen-bond acceptors (Lipinski definition) is 5. The molecule has 1 fully saturated rings. The molecule has 0 aliphatic carbocycles. The summed E-state index contributed by atoms with van der Waals surface area (Å²) in [7, 11) is 0.